The SMILES string of the molecule is CC1(C)O[C@@H](CNS(=O)(=O)O)[C@H](c2ccc(Cl)cc2Cl)O1. The second-order valence-electron chi connectivity index (χ2n) is 5.08. The molecule has 0 amide bonds. The largest absolute Gasteiger partial charge is 0.343 e. The quantitative estimate of drug-likeness (QED) is 0.810. The maximum atomic E-state index is 10.8. The van der Waals surface area contributed by atoms with Gasteiger partial charge in [-0.3, -0.25) is 4.55 Å². The fourth-order valence-electron chi connectivity index (χ4n) is 2.17. The van der Waals surface area contributed by atoms with E-state index in [0.29, 0.717) is 15.6 Å². The molecule has 1 saturated heterocycles. The van der Waals surface area contributed by atoms with E-state index in [1.54, 1.807) is 32.0 Å². The number of nitrogens with one attached hydrogen (secondary N) is 1. The van der Waals surface area contributed by atoms with Crippen molar-refractivity contribution in [2.45, 2.75) is 31.8 Å². The molecule has 0 bridgehead atoms. The molecule has 1 aliphatic heterocycles. The van der Waals surface area contributed by atoms with Gasteiger partial charge in [-0.2, -0.15) is 13.1 Å². The number of rotatable bonds is 4. The molecule has 0 radical (unpaired) electrons. The van der Waals surface area contributed by atoms with Crippen molar-refractivity contribution in [3.63, 3.8) is 0 Å². The van der Waals surface area contributed by atoms with Crippen molar-refractivity contribution in [3.8, 4) is 0 Å². The van der Waals surface area contributed by atoms with Crippen molar-refractivity contribution in [2.75, 3.05) is 6.54 Å². The lowest BCUT2D eigenvalue weighted by molar-refractivity contribution is -0.146. The van der Waals surface area contributed by atoms with Crippen LogP contribution < -0.4 is 4.72 Å². The lowest BCUT2D eigenvalue weighted by Crippen LogP contribution is -2.35. The van der Waals surface area contributed by atoms with Crippen molar-refractivity contribution in [1.82, 2.24) is 4.72 Å². The van der Waals surface area contributed by atoms with Crippen LogP contribution in [0, 0.1) is 0 Å². The molecular weight excluding hydrogens is 341 g/mol. The zero-order chi connectivity index (χ0) is 15.8. The Balaban J connectivity index is 2.25. The van der Waals surface area contributed by atoms with Crippen LogP contribution in [0.4, 0.5) is 0 Å². The summed E-state index contributed by atoms with van der Waals surface area (Å²) in [7, 11) is -4.31. The summed E-state index contributed by atoms with van der Waals surface area (Å²) in [6, 6.07) is 4.92. The van der Waals surface area contributed by atoms with Gasteiger partial charge in [0.1, 0.15) is 12.2 Å². The van der Waals surface area contributed by atoms with E-state index in [0.717, 1.165) is 0 Å². The molecule has 1 aromatic carbocycles. The number of ether oxygens (including phenoxy) is 2. The van der Waals surface area contributed by atoms with Crippen LogP contribution in [0.1, 0.15) is 25.5 Å². The highest BCUT2D eigenvalue weighted by Gasteiger charge is 2.43. The van der Waals surface area contributed by atoms with Crippen LogP contribution in [0.5, 0.6) is 0 Å². The molecule has 6 nitrogen and oxygen atoms in total. The highest BCUT2D eigenvalue weighted by Crippen LogP contribution is 2.41. The number of benzene rings is 1. The summed E-state index contributed by atoms with van der Waals surface area (Å²) in [5, 5.41) is 0.875. The zero-order valence-corrected chi connectivity index (χ0v) is 13.7. The van der Waals surface area contributed by atoms with E-state index in [2.05, 4.69) is 0 Å². The van der Waals surface area contributed by atoms with Crippen LogP contribution in [0.3, 0.4) is 0 Å². The molecule has 118 valence electrons. The maximum Gasteiger partial charge on any atom is 0.333 e. The van der Waals surface area contributed by atoms with Crippen LogP contribution in [-0.2, 0) is 19.8 Å². The zero-order valence-electron chi connectivity index (χ0n) is 11.3. The Kier molecular flexibility index (Phi) is 4.84. The molecule has 0 aliphatic carbocycles. The van der Waals surface area contributed by atoms with E-state index in [1.165, 1.54) is 0 Å². The van der Waals surface area contributed by atoms with Gasteiger partial charge in [0.2, 0.25) is 0 Å². The summed E-state index contributed by atoms with van der Waals surface area (Å²) in [5.41, 5.74) is 0.633. The molecule has 1 aliphatic rings. The van der Waals surface area contributed by atoms with Gasteiger partial charge in [-0.1, -0.05) is 29.3 Å². The van der Waals surface area contributed by atoms with Crippen LogP contribution >= 0.6 is 23.2 Å². The highest BCUT2D eigenvalue weighted by atomic mass is 35.5. The molecule has 0 saturated carbocycles. The molecule has 9 heteroatoms. The molecule has 1 aromatic rings. The molecule has 0 aromatic heterocycles. The smallest absolute Gasteiger partial charge is 0.333 e. The number of hydrogen-bond acceptors (Lipinski definition) is 4. The maximum absolute atomic E-state index is 10.8. The first-order valence-electron chi connectivity index (χ1n) is 6.10. The fraction of sp³-hybridized carbons (Fsp3) is 0.500. The third kappa shape index (κ3) is 4.53. The molecule has 21 heavy (non-hydrogen) atoms. The van der Waals surface area contributed by atoms with E-state index in [-0.39, 0.29) is 6.54 Å². The average Bonchev–Trinajstić information content (AvgIpc) is 2.61. The van der Waals surface area contributed by atoms with Crippen LogP contribution in [-0.4, -0.2) is 31.4 Å². The predicted octanol–water partition coefficient (Wildman–Crippen LogP) is 2.58. The summed E-state index contributed by atoms with van der Waals surface area (Å²) in [6.45, 7) is 3.26. The molecule has 0 spiro atoms. The summed E-state index contributed by atoms with van der Waals surface area (Å²) in [6.07, 6.45) is -1.22. The molecular formula is C12H15Cl2NO5S. The van der Waals surface area contributed by atoms with Gasteiger partial charge in [0.05, 0.1) is 0 Å². The lowest BCUT2D eigenvalue weighted by Gasteiger charge is -2.18. The summed E-state index contributed by atoms with van der Waals surface area (Å²) < 4.78 is 43.8. The predicted molar refractivity (Wildman–Crippen MR) is 78.8 cm³/mol. The van der Waals surface area contributed by atoms with E-state index >= 15 is 0 Å². The van der Waals surface area contributed by atoms with Gasteiger partial charge in [0.15, 0.2) is 5.79 Å². The van der Waals surface area contributed by atoms with Crippen molar-refractivity contribution in [3.05, 3.63) is 33.8 Å². The summed E-state index contributed by atoms with van der Waals surface area (Å²) in [4.78, 5) is 0. The van der Waals surface area contributed by atoms with E-state index in [4.69, 9.17) is 37.2 Å². The molecule has 1 heterocycles. The summed E-state index contributed by atoms with van der Waals surface area (Å²) in [5.74, 6) is -0.904. The minimum atomic E-state index is -4.31. The molecule has 2 N–H and O–H groups in total. The van der Waals surface area contributed by atoms with Gasteiger partial charge >= 0.3 is 10.3 Å². The van der Waals surface area contributed by atoms with Crippen molar-refractivity contribution in [1.29, 1.82) is 0 Å². The molecule has 1 fully saturated rings. The van der Waals surface area contributed by atoms with Crippen molar-refractivity contribution < 1.29 is 22.4 Å². The average molecular weight is 356 g/mol. The summed E-state index contributed by atoms with van der Waals surface area (Å²) >= 11 is 12.0. The van der Waals surface area contributed by atoms with Gasteiger partial charge in [-0.25, -0.2) is 0 Å². The first kappa shape index (κ1) is 17.0. The Labute approximate surface area is 133 Å². The number of halogens is 2. The Bertz CT molecular complexity index is 635. The van der Waals surface area contributed by atoms with Gasteiger partial charge in [0, 0.05) is 22.2 Å². The normalized spacial score (nSPS) is 25.2. The van der Waals surface area contributed by atoms with Crippen molar-refractivity contribution in [2.24, 2.45) is 0 Å². The Morgan fingerprint density at radius 2 is 2.00 bits per heavy atom. The molecule has 2 rings (SSSR count). The first-order valence-corrected chi connectivity index (χ1v) is 8.30. The lowest BCUT2D eigenvalue weighted by atomic mass is 10.0. The first-order chi connectivity index (χ1) is 9.57. The number of hydrogen-bond donors (Lipinski definition) is 2. The van der Waals surface area contributed by atoms with E-state index in [1.807, 2.05) is 4.72 Å². The van der Waals surface area contributed by atoms with Crippen molar-refractivity contribution >= 4 is 33.5 Å². The Morgan fingerprint density at radius 1 is 1.33 bits per heavy atom. The van der Waals surface area contributed by atoms with Gasteiger partial charge in [0.25, 0.3) is 0 Å². The minimum absolute atomic E-state index is 0.147. The topological polar surface area (TPSA) is 84.9 Å². The highest BCUT2D eigenvalue weighted by molar-refractivity contribution is 7.83. The second kappa shape index (κ2) is 6.00. The monoisotopic (exact) mass is 355 g/mol. The van der Waals surface area contributed by atoms with E-state index in [9.17, 15) is 8.42 Å². The van der Waals surface area contributed by atoms with Gasteiger partial charge in [-0.05, 0) is 26.0 Å². The Morgan fingerprint density at radius 3 is 2.57 bits per heavy atom. The minimum Gasteiger partial charge on any atom is -0.343 e. The fourth-order valence-corrected chi connectivity index (χ4v) is 3.06. The van der Waals surface area contributed by atoms with Crippen LogP contribution in [0.25, 0.3) is 0 Å². The third-order valence-electron chi connectivity index (χ3n) is 2.92. The standard InChI is InChI=1S/C12H15Cl2NO5S/c1-12(2)19-10(6-15-21(16,17)18)11(20-12)8-4-3-7(13)5-9(8)14/h3-5,10-11,15H,6H2,1-2H3,(H,16,17,18)/t10-,11-/m0/s1. The van der Waals surface area contributed by atoms with Gasteiger partial charge < -0.3 is 9.47 Å². The Hall–Kier alpha value is -0.410. The molecule has 0 unspecified atom stereocenters. The van der Waals surface area contributed by atoms with Crippen LogP contribution in [0.2, 0.25) is 10.0 Å². The second-order valence-corrected chi connectivity index (χ2v) is 7.17. The third-order valence-corrected chi connectivity index (χ3v) is 4.01. The van der Waals surface area contributed by atoms with Gasteiger partial charge in [-0.15, -0.1) is 0 Å². The molecule has 2 atom stereocenters. The van der Waals surface area contributed by atoms with E-state index < -0.39 is 28.3 Å². The van der Waals surface area contributed by atoms with Crippen LogP contribution in [0.15, 0.2) is 18.2 Å².